The number of carbonyl (C=O) groups excluding carboxylic acids is 2. The monoisotopic (exact) mass is 202 g/mol. The molecule has 0 aromatic rings. The van der Waals surface area contributed by atoms with Gasteiger partial charge in [0.1, 0.15) is 0 Å². The molecule has 0 aromatic heterocycles. The Morgan fingerprint density at radius 3 is 2.64 bits per heavy atom. The van der Waals surface area contributed by atoms with Crippen LogP contribution in [0.15, 0.2) is 0 Å². The fourth-order valence-electron chi connectivity index (χ4n) is 0.881. The van der Waals surface area contributed by atoms with Crippen molar-refractivity contribution in [1.29, 1.82) is 0 Å². The highest BCUT2D eigenvalue weighted by molar-refractivity contribution is 5.77. The zero-order valence-corrected chi connectivity index (χ0v) is 8.76. The van der Waals surface area contributed by atoms with Crippen LogP contribution in [0, 0.1) is 0 Å². The lowest BCUT2D eigenvalue weighted by Gasteiger charge is -2.03. The van der Waals surface area contributed by atoms with Crippen molar-refractivity contribution in [3.63, 3.8) is 0 Å². The fraction of sp³-hybridized carbons (Fsp3) is 0.778. The first-order chi connectivity index (χ1) is 6.70. The van der Waals surface area contributed by atoms with Crippen LogP contribution in [0.2, 0.25) is 0 Å². The Hall–Kier alpha value is -1.10. The van der Waals surface area contributed by atoms with Crippen molar-refractivity contribution in [2.75, 3.05) is 26.7 Å². The molecule has 0 bridgehead atoms. The number of ether oxygens (including phenoxy) is 1. The molecule has 0 atom stereocenters. The summed E-state index contributed by atoms with van der Waals surface area (Å²) in [6, 6.07) is 0. The van der Waals surface area contributed by atoms with Crippen molar-refractivity contribution in [2.24, 2.45) is 0 Å². The molecule has 0 radical (unpaired) electrons. The summed E-state index contributed by atoms with van der Waals surface area (Å²) >= 11 is 0. The van der Waals surface area contributed by atoms with E-state index >= 15 is 0 Å². The quantitative estimate of drug-likeness (QED) is 0.438. The van der Waals surface area contributed by atoms with Gasteiger partial charge in [-0.1, -0.05) is 0 Å². The van der Waals surface area contributed by atoms with Gasteiger partial charge in [-0.3, -0.25) is 9.59 Å². The van der Waals surface area contributed by atoms with Gasteiger partial charge < -0.3 is 15.4 Å². The van der Waals surface area contributed by atoms with Gasteiger partial charge in [0.05, 0.1) is 13.2 Å². The highest BCUT2D eigenvalue weighted by atomic mass is 16.5. The number of likely N-dealkylation sites (N-methyl/N-ethyl adjacent to an activating group) is 1. The molecule has 5 nitrogen and oxygen atoms in total. The first kappa shape index (κ1) is 12.9. The summed E-state index contributed by atoms with van der Waals surface area (Å²) in [5.41, 5.74) is 0. The highest BCUT2D eigenvalue weighted by Crippen LogP contribution is 1.90. The van der Waals surface area contributed by atoms with Gasteiger partial charge in [-0.2, -0.15) is 0 Å². The number of carbonyl (C=O) groups is 2. The van der Waals surface area contributed by atoms with Crippen LogP contribution in [0.3, 0.4) is 0 Å². The minimum Gasteiger partial charge on any atom is -0.466 e. The lowest BCUT2D eigenvalue weighted by atomic mass is 10.3. The van der Waals surface area contributed by atoms with Crippen molar-refractivity contribution in [3.8, 4) is 0 Å². The van der Waals surface area contributed by atoms with Crippen molar-refractivity contribution in [1.82, 2.24) is 10.6 Å². The Balaban J connectivity index is 3.21. The van der Waals surface area contributed by atoms with E-state index in [1.165, 1.54) is 0 Å². The largest absolute Gasteiger partial charge is 0.466 e. The molecule has 0 saturated carbocycles. The maximum Gasteiger partial charge on any atom is 0.305 e. The summed E-state index contributed by atoms with van der Waals surface area (Å²) in [7, 11) is 1.59. The molecule has 5 heteroatoms. The van der Waals surface area contributed by atoms with Crippen LogP contribution >= 0.6 is 0 Å². The second kappa shape index (κ2) is 8.50. The van der Waals surface area contributed by atoms with Crippen LogP contribution in [0.1, 0.15) is 19.8 Å². The number of rotatable bonds is 7. The molecule has 0 spiro atoms. The van der Waals surface area contributed by atoms with Gasteiger partial charge in [0.2, 0.25) is 5.91 Å². The Morgan fingerprint density at radius 1 is 1.36 bits per heavy atom. The Morgan fingerprint density at radius 2 is 2.07 bits per heavy atom. The Labute approximate surface area is 84.2 Å². The molecule has 1 amide bonds. The molecule has 0 fully saturated rings. The van der Waals surface area contributed by atoms with Gasteiger partial charge in [-0.15, -0.1) is 0 Å². The first-order valence-electron chi connectivity index (χ1n) is 4.77. The number of esters is 1. The van der Waals surface area contributed by atoms with E-state index in [9.17, 15) is 9.59 Å². The minimum absolute atomic E-state index is 0.0545. The number of nitrogens with one attached hydrogen (secondary N) is 2. The van der Waals surface area contributed by atoms with E-state index in [0.29, 0.717) is 32.5 Å². The predicted molar refractivity (Wildman–Crippen MR) is 52.8 cm³/mol. The average molecular weight is 202 g/mol. The third kappa shape index (κ3) is 7.54. The standard InChI is InChI=1S/C9H18N2O3/c1-3-14-9(13)5-4-6-11-7-8(12)10-2/h11H,3-7H2,1-2H3,(H,10,12). The van der Waals surface area contributed by atoms with Gasteiger partial charge in [0.25, 0.3) is 0 Å². The number of hydrogen-bond acceptors (Lipinski definition) is 4. The molecular formula is C9H18N2O3. The molecule has 0 rings (SSSR count). The second-order valence-electron chi connectivity index (χ2n) is 2.76. The molecule has 0 aliphatic carbocycles. The van der Waals surface area contributed by atoms with Gasteiger partial charge in [0.15, 0.2) is 0 Å². The summed E-state index contributed by atoms with van der Waals surface area (Å²) in [4.78, 5) is 21.6. The van der Waals surface area contributed by atoms with E-state index in [1.54, 1.807) is 14.0 Å². The minimum atomic E-state index is -0.186. The van der Waals surface area contributed by atoms with Crippen molar-refractivity contribution < 1.29 is 14.3 Å². The van der Waals surface area contributed by atoms with Crippen molar-refractivity contribution in [2.45, 2.75) is 19.8 Å². The molecule has 82 valence electrons. The summed E-state index contributed by atoms with van der Waals surface area (Å²) in [5, 5.41) is 5.41. The van der Waals surface area contributed by atoms with E-state index in [4.69, 9.17) is 4.74 Å². The Bertz CT molecular complexity index is 183. The van der Waals surface area contributed by atoms with Gasteiger partial charge in [-0.25, -0.2) is 0 Å². The first-order valence-corrected chi connectivity index (χ1v) is 4.77. The molecule has 2 N–H and O–H groups in total. The molecule has 0 unspecified atom stereocenters. The topological polar surface area (TPSA) is 67.4 Å². The average Bonchev–Trinajstić information content (AvgIpc) is 2.17. The van der Waals surface area contributed by atoms with E-state index in [-0.39, 0.29) is 11.9 Å². The Kier molecular flexibility index (Phi) is 7.83. The lowest BCUT2D eigenvalue weighted by molar-refractivity contribution is -0.143. The highest BCUT2D eigenvalue weighted by Gasteiger charge is 2.01. The van der Waals surface area contributed by atoms with Crippen molar-refractivity contribution >= 4 is 11.9 Å². The fourth-order valence-corrected chi connectivity index (χ4v) is 0.881. The van der Waals surface area contributed by atoms with Gasteiger partial charge in [0, 0.05) is 13.5 Å². The lowest BCUT2D eigenvalue weighted by Crippen LogP contribution is -2.32. The van der Waals surface area contributed by atoms with Crippen LogP contribution in [-0.4, -0.2) is 38.6 Å². The smallest absolute Gasteiger partial charge is 0.305 e. The third-order valence-electron chi connectivity index (χ3n) is 1.60. The molecule has 0 aliphatic rings. The SMILES string of the molecule is CCOC(=O)CCCNCC(=O)NC. The van der Waals surface area contributed by atoms with E-state index < -0.39 is 0 Å². The molecule has 0 heterocycles. The maximum atomic E-state index is 10.9. The molecule has 0 saturated heterocycles. The maximum absolute atomic E-state index is 10.9. The summed E-state index contributed by atoms with van der Waals surface area (Å²) in [5.74, 6) is -0.240. The van der Waals surface area contributed by atoms with Gasteiger partial charge >= 0.3 is 5.97 Å². The summed E-state index contributed by atoms with van der Waals surface area (Å²) in [6.07, 6.45) is 1.09. The van der Waals surface area contributed by atoms with Crippen LogP contribution in [0.4, 0.5) is 0 Å². The number of amides is 1. The van der Waals surface area contributed by atoms with Crippen LogP contribution < -0.4 is 10.6 Å². The van der Waals surface area contributed by atoms with Crippen LogP contribution in [0.25, 0.3) is 0 Å². The van der Waals surface area contributed by atoms with Crippen LogP contribution in [-0.2, 0) is 14.3 Å². The molecule has 0 aromatic carbocycles. The third-order valence-corrected chi connectivity index (χ3v) is 1.60. The summed E-state index contributed by atoms with van der Waals surface area (Å²) < 4.78 is 4.74. The van der Waals surface area contributed by atoms with E-state index in [1.807, 2.05) is 0 Å². The van der Waals surface area contributed by atoms with Crippen molar-refractivity contribution in [3.05, 3.63) is 0 Å². The summed E-state index contributed by atoms with van der Waals surface area (Å²) in [6.45, 7) is 3.14. The second-order valence-corrected chi connectivity index (χ2v) is 2.76. The van der Waals surface area contributed by atoms with E-state index in [0.717, 1.165) is 0 Å². The molecular weight excluding hydrogens is 184 g/mol. The van der Waals surface area contributed by atoms with Gasteiger partial charge in [-0.05, 0) is 19.9 Å². The zero-order chi connectivity index (χ0) is 10.8. The van der Waals surface area contributed by atoms with E-state index in [2.05, 4.69) is 10.6 Å². The molecule has 0 aliphatic heterocycles. The molecule has 14 heavy (non-hydrogen) atoms. The predicted octanol–water partition coefficient (Wildman–Crippen LogP) is -0.335. The normalized spacial score (nSPS) is 9.57. The van der Waals surface area contributed by atoms with Crippen LogP contribution in [0.5, 0.6) is 0 Å². The zero-order valence-electron chi connectivity index (χ0n) is 8.76. The number of hydrogen-bond donors (Lipinski definition) is 2.